The van der Waals surface area contributed by atoms with Crippen LogP contribution in [0.2, 0.25) is 0 Å². The Morgan fingerprint density at radius 2 is 2.15 bits per heavy atom. The van der Waals surface area contributed by atoms with Gasteiger partial charge in [-0.2, -0.15) is 0 Å². The lowest BCUT2D eigenvalue weighted by atomic mass is 10.0. The number of hydrogen-bond donors (Lipinski definition) is 1. The molecule has 0 atom stereocenters. The first-order valence-corrected chi connectivity index (χ1v) is 9.63. The summed E-state index contributed by atoms with van der Waals surface area (Å²) >= 11 is 0. The highest BCUT2D eigenvalue weighted by Crippen LogP contribution is 2.27. The van der Waals surface area contributed by atoms with Crippen molar-refractivity contribution in [1.82, 2.24) is 19.8 Å². The van der Waals surface area contributed by atoms with Gasteiger partial charge in [0.1, 0.15) is 11.6 Å². The molecule has 0 bridgehead atoms. The van der Waals surface area contributed by atoms with Crippen molar-refractivity contribution in [2.75, 3.05) is 26.2 Å². The molecule has 144 valence electrons. The van der Waals surface area contributed by atoms with Crippen LogP contribution in [0.4, 0.5) is 9.18 Å². The van der Waals surface area contributed by atoms with E-state index in [0.717, 1.165) is 68.2 Å². The number of hydrogen-bond acceptors (Lipinski definition) is 4. The van der Waals surface area contributed by atoms with Crippen molar-refractivity contribution in [1.29, 1.82) is 0 Å². The molecule has 6 nitrogen and oxygen atoms in total. The van der Waals surface area contributed by atoms with Gasteiger partial charge >= 0.3 is 6.09 Å². The average Bonchev–Trinajstić information content (AvgIpc) is 3.12. The molecule has 2 aliphatic rings. The van der Waals surface area contributed by atoms with Gasteiger partial charge in [-0.15, -0.1) is 0 Å². The topological polar surface area (TPSA) is 61.5 Å². The van der Waals surface area contributed by atoms with Crippen LogP contribution in [0.5, 0.6) is 0 Å². The van der Waals surface area contributed by atoms with Crippen molar-refractivity contribution in [3.8, 4) is 11.4 Å². The van der Waals surface area contributed by atoms with E-state index in [-0.39, 0.29) is 11.9 Å². The van der Waals surface area contributed by atoms with E-state index in [1.165, 1.54) is 12.1 Å². The van der Waals surface area contributed by atoms with Crippen LogP contribution in [0, 0.1) is 5.82 Å². The molecule has 4 rings (SSSR count). The van der Waals surface area contributed by atoms with Crippen LogP contribution < -0.4 is 0 Å². The van der Waals surface area contributed by atoms with E-state index in [1.807, 2.05) is 13.0 Å². The number of benzene rings is 1. The number of ether oxygens (including phenoxy) is 1. The fourth-order valence-electron chi connectivity index (χ4n) is 4.03. The molecule has 1 amide bonds. The monoisotopic (exact) mass is 372 g/mol. The van der Waals surface area contributed by atoms with E-state index in [1.54, 1.807) is 11.0 Å². The van der Waals surface area contributed by atoms with Crippen molar-refractivity contribution >= 4 is 6.09 Å². The number of rotatable bonds is 3. The first kappa shape index (κ1) is 18.0. The zero-order chi connectivity index (χ0) is 18.8. The van der Waals surface area contributed by atoms with Gasteiger partial charge in [0, 0.05) is 44.2 Å². The zero-order valence-corrected chi connectivity index (χ0v) is 15.6. The summed E-state index contributed by atoms with van der Waals surface area (Å²) in [5.74, 6) is 0.482. The van der Waals surface area contributed by atoms with Crippen molar-refractivity contribution < 1.29 is 13.9 Å². The predicted octanol–water partition coefficient (Wildman–Crippen LogP) is 3.19. The van der Waals surface area contributed by atoms with Crippen LogP contribution in [0.25, 0.3) is 11.4 Å². The lowest BCUT2D eigenvalue weighted by Gasteiger charge is -2.39. The Kier molecular flexibility index (Phi) is 5.11. The second-order valence-corrected chi connectivity index (χ2v) is 7.16. The molecule has 0 aliphatic carbocycles. The van der Waals surface area contributed by atoms with Gasteiger partial charge in [-0.05, 0) is 31.9 Å². The number of piperidine rings is 1. The standard InChI is InChI=1S/C20H25FN4O2/c1-2-27-20(26)24-9-6-16(7-10-24)25-11-8-17-18(13-25)23-19(22-17)14-4-3-5-15(21)12-14/h3-5,12,16H,2,6-11,13H2,1H3,(H,22,23). The molecule has 2 aromatic rings. The van der Waals surface area contributed by atoms with E-state index < -0.39 is 0 Å². The molecule has 0 radical (unpaired) electrons. The summed E-state index contributed by atoms with van der Waals surface area (Å²) in [6.45, 7) is 5.51. The maximum atomic E-state index is 13.5. The molecule has 1 fully saturated rings. The van der Waals surface area contributed by atoms with Gasteiger partial charge in [0.05, 0.1) is 18.0 Å². The zero-order valence-electron chi connectivity index (χ0n) is 15.6. The summed E-state index contributed by atoms with van der Waals surface area (Å²) in [5, 5.41) is 0. The summed E-state index contributed by atoms with van der Waals surface area (Å²) < 4.78 is 18.6. The molecule has 1 aromatic carbocycles. The molecule has 7 heteroatoms. The number of carbonyl (C=O) groups is 1. The first-order chi connectivity index (χ1) is 13.1. The number of carbonyl (C=O) groups excluding carboxylic acids is 1. The SMILES string of the molecule is CCOC(=O)N1CCC(N2CCc3nc(-c4cccc(F)c4)[nH]c3C2)CC1. The molecule has 2 aliphatic heterocycles. The van der Waals surface area contributed by atoms with E-state index in [2.05, 4.69) is 14.9 Å². The van der Waals surface area contributed by atoms with Crippen molar-refractivity contribution in [2.24, 2.45) is 0 Å². The quantitative estimate of drug-likeness (QED) is 0.899. The van der Waals surface area contributed by atoms with Gasteiger partial charge in [0.15, 0.2) is 0 Å². The van der Waals surface area contributed by atoms with E-state index >= 15 is 0 Å². The van der Waals surface area contributed by atoms with Crippen LogP contribution in [-0.4, -0.2) is 58.1 Å². The first-order valence-electron chi connectivity index (χ1n) is 9.63. The Bertz CT molecular complexity index is 814. The second-order valence-electron chi connectivity index (χ2n) is 7.16. The lowest BCUT2D eigenvalue weighted by molar-refractivity contribution is 0.0701. The smallest absolute Gasteiger partial charge is 0.409 e. The minimum atomic E-state index is -0.253. The molecule has 1 N–H and O–H groups in total. The fraction of sp³-hybridized carbons (Fsp3) is 0.500. The van der Waals surface area contributed by atoms with Gasteiger partial charge in [-0.3, -0.25) is 4.90 Å². The van der Waals surface area contributed by atoms with Gasteiger partial charge in [-0.1, -0.05) is 12.1 Å². The molecule has 0 spiro atoms. The molecule has 1 aromatic heterocycles. The summed E-state index contributed by atoms with van der Waals surface area (Å²) in [5.41, 5.74) is 2.97. The van der Waals surface area contributed by atoms with Gasteiger partial charge < -0.3 is 14.6 Å². The number of halogens is 1. The largest absolute Gasteiger partial charge is 0.450 e. The number of fused-ring (bicyclic) bond motifs is 1. The third kappa shape index (κ3) is 3.83. The molecule has 27 heavy (non-hydrogen) atoms. The van der Waals surface area contributed by atoms with E-state index in [0.29, 0.717) is 12.6 Å². The minimum absolute atomic E-state index is 0.204. The number of nitrogens with one attached hydrogen (secondary N) is 1. The number of nitrogens with zero attached hydrogens (tertiary/aromatic N) is 3. The van der Waals surface area contributed by atoms with Crippen LogP contribution in [0.3, 0.4) is 0 Å². The van der Waals surface area contributed by atoms with Crippen LogP contribution in [0.1, 0.15) is 31.2 Å². The lowest BCUT2D eigenvalue weighted by Crippen LogP contribution is -2.48. The third-order valence-corrected chi connectivity index (χ3v) is 5.47. The number of H-pyrrole nitrogens is 1. The number of aromatic amines is 1. The third-order valence-electron chi connectivity index (χ3n) is 5.47. The summed E-state index contributed by atoms with van der Waals surface area (Å²) in [4.78, 5) is 24.2. The number of aromatic nitrogens is 2. The maximum absolute atomic E-state index is 13.5. The molecule has 3 heterocycles. The van der Waals surface area contributed by atoms with Crippen LogP contribution in [-0.2, 0) is 17.7 Å². The number of likely N-dealkylation sites (tertiary alicyclic amines) is 1. The molecular weight excluding hydrogens is 347 g/mol. The maximum Gasteiger partial charge on any atom is 0.409 e. The highest BCUT2D eigenvalue weighted by Gasteiger charge is 2.30. The normalized spacial score (nSPS) is 18.4. The van der Waals surface area contributed by atoms with Crippen molar-refractivity contribution in [2.45, 2.75) is 38.8 Å². The highest BCUT2D eigenvalue weighted by atomic mass is 19.1. The molecule has 1 saturated heterocycles. The molecule has 0 unspecified atom stereocenters. The fourth-order valence-corrected chi connectivity index (χ4v) is 4.03. The van der Waals surface area contributed by atoms with Gasteiger partial charge in [0.25, 0.3) is 0 Å². The Morgan fingerprint density at radius 3 is 2.89 bits per heavy atom. The van der Waals surface area contributed by atoms with Gasteiger partial charge in [-0.25, -0.2) is 14.2 Å². The minimum Gasteiger partial charge on any atom is -0.450 e. The Morgan fingerprint density at radius 1 is 1.33 bits per heavy atom. The number of imidazole rings is 1. The molecular formula is C20H25FN4O2. The van der Waals surface area contributed by atoms with Crippen molar-refractivity contribution in [3.05, 3.63) is 41.5 Å². The van der Waals surface area contributed by atoms with Crippen molar-refractivity contribution in [3.63, 3.8) is 0 Å². The van der Waals surface area contributed by atoms with Crippen LogP contribution >= 0.6 is 0 Å². The second kappa shape index (κ2) is 7.68. The summed E-state index contributed by atoms with van der Waals surface area (Å²) in [6, 6.07) is 6.99. The summed E-state index contributed by atoms with van der Waals surface area (Å²) in [7, 11) is 0. The predicted molar refractivity (Wildman–Crippen MR) is 99.7 cm³/mol. The Labute approximate surface area is 158 Å². The highest BCUT2D eigenvalue weighted by molar-refractivity contribution is 5.67. The van der Waals surface area contributed by atoms with E-state index in [9.17, 15) is 9.18 Å². The Balaban J connectivity index is 1.40. The van der Waals surface area contributed by atoms with Crippen LogP contribution in [0.15, 0.2) is 24.3 Å². The van der Waals surface area contributed by atoms with Gasteiger partial charge in [0.2, 0.25) is 0 Å². The summed E-state index contributed by atoms with van der Waals surface area (Å²) in [6.07, 6.45) is 2.60. The molecule has 0 saturated carbocycles. The Hall–Kier alpha value is -2.41. The van der Waals surface area contributed by atoms with E-state index in [4.69, 9.17) is 4.74 Å². The number of amides is 1. The average molecular weight is 372 g/mol.